The predicted octanol–water partition coefficient (Wildman–Crippen LogP) is 3.02. The van der Waals surface area contributed by atoms with E-state index < -0.39 is 0 Å². The first-order valence-electron chi connectivity index (χ1n) is 5.65. The first kappa shape index (κ1) is 11.6. The van der Waals surface area contributed by atoms with Crippen molar-refractivity contribution in [3.63, 3.8) is 0 Å². The summed E-state index contributed by atoms with van der Waals surface area (Å²) in [6, 6.07) is 7.58. The largest absolute Gasteiger partial charge is 0.399 e. The third-order valence-corrected chi connectivity index (χ3v) is 2.69. The summed E-state index contributed by atoms with van der Waals surface area (Å²) in [6.45, 7) is 6.44. The van der Waals surface area contributed by atoms with Gasteiger partial charge in [-0.2, -0.15) is 0 Å². The van der Waals surface area contributed by atoms with Crippen LogP contribution in [0.15, 0.2) is 36.7 Å². The molecule has 0 fully saturated rings. The average molecular weight is 227 g/mol. The molecule has 2 rings (SSSR count). The Hall–Kier alpha value is -1.90. The Labute approximate surface area is 102 Å². The molecule has 0 aliphatic heterocycles. The van der Waals surface area contributed by atoms with Crippen molar-refractivity contribution in [2.24, 2.45) is 0 Å². The molecular weight excluding hydrogens is 210 g/mol. The molecule has 0 aliphatic carbocycles. The Bertz CT molecular complexity index is 492. The first-order chi connectivity index (χ1) is 7.97. The molecular formula is C14H17N3. The molecule has 0 spiro atoms. The molecule has 0 unspecified atom stereocenters. The highest BCUT2D eigenvalue weighted by Gasteiger charge is 2.14. The van der Waals surface area contributed by atoms with Gasteiger partial charge in [0.25, 0.3) is 0 Å². The van der Waals surface area contributed by atoms with Gasteiger partial charge < -0.3 is 5.73 Å². The number of aromatic nitrogens is 2. The van der Waals surface area contributed by atoms with Gasteiger partial charge in [0, 0.05) is 23.6 Å². The Balaban J connectivity index is 2.33. The number of rotatable bonds is 1. The van der Waals surface area contributed by atoms with E-state index in [0.717, 1.165) is 22.6 Å². The van der Waals surface area contributed by atoms with Crippen LogP contribution in [0, 0.1) is 0 Å². The van der Waals surface area contributed by atoms with Gasteiger partial charge in [-0.15, -0.1) is 0 Å². The number of nitrogen functional groups attached to an aromatic ring is 1. The molecule has 0 aliphatic rings. The first-order valence-corrected chi connectivity index (χ1v) is 5.65. The van der Waals surface area contributed by atoms with E-state index in [-0.39, 0.29) is 5.41 Å². The van der Waals surface area contributed by atoms with Crippen molar-refractivity contribution >= 4 is 5.69 Å². The summed E-state index contributed by atoms with van der Waals surface area (Å²) in [5.41, 5.74) is 8.60. The van der Waals surface area contributed by atoms with E-state index in [9.17, 15) is 0 Å². The SMILES string of the molecule is CC(C)(C)c1cnc(-c2ccc(N)cc2)nc1. The number of hydrogen-bond donors (Lipinski definition) is 1. The Morgan fingerprint density at radius 2 is 1.47 bits per heavy atom. The second-order valence-electron chi connectivity index (χ2n) is 5.17. The van der Waals surface area contributed by atoms with Crippen LogP contribution in [0.25, 0.3) is 11.4 Å². The van der Waals surface area contributed by atoms with E-state index in [4.69, 9.17) is 5.73 Å². The zero-order chi connectivity index (χ0) is 12.5. The molecule has 88 valence electrons. The van der Waals surface area contributed by atoms with Gasteiger partial charge in [0.2, 0.25) is 0 Å². The van der Waals surface area contributed by atoms with Crippen molar-refractivity contribution in [1.82, 2.24) is 9.97 Å². The van der Waals surface area contributed by atoms with Crippen molar-refractivity contribution in [1.29, 1.82) is 0 Å². The molecule has 3 nitrogen and oxygen atoms in total. The van der Waals surface area contributed by atoms with E-state index in [1.807, 2.05) is 36.7 Å². The van der Waals surface area contributed by atoms with Gasteiger partial charge in [-0.05, 0) is 35.2 Å². The van der Waals surface area contributed by atoms with Gasteiger partial charge in [0.05, 0.1) is 0 Å². The molecule has 0 radical (unpaired) electrons. The van der Waals surface area contributed by atoms with Gasteiger partial charge in [0.15, 0.2) is 5.82 Å². The van der Waals surface area contributed by atoms with Crippen molar-refractivity contribution in [3.05, 3.63) is 42.2 Å². The lowest BCUT2D eigenvalue weighted by atomic mass is 9.89. The lowest BCUT2D eigenvalue weighted by Crippen LogP contribution is -2.12. The number of nitrogens with two attached hydrogens (primary N) is 1. The monoisotopic (exact) mass is 227 g/mol. The molecule has 2 N–H and O–H groups in total. The van der Waals surface area contributed by atoms with Crippen LogP contribution in [-0.4, -0.2) is 9.97 Å². The third-order valence-electron chi connectivity index (χ3n) is 2.69. The maximum absolute atomic E-state index is 5.65. The van der Waals surface area contributed by atoms with Crippen molar-refractivity contribution < 1.29 is 0 Å². The van der Waals surface area contributed by atoms with Crippen LogP contribution < -0.4 is 5.73 Å². The molecule has 0 atom stereocenters. The molecule has 0 saturated carbocycles. The summed E-state index contributed by atoms with van der Waals surface area (Å²) >= 11 is 0. The fourth-order valence-electron chi connectivity index (χ4n) is 1.50. The number of anilines is 1. The van der Waals surface area contributed by atoms with Crippen LogP contribution in [0.2, 0.25) is 0 Å². The summed E-state index contributed by atoms with van der Waals surface area (Å²) < 4.78 is 0. The van der Waals surface area contributed by atoms with Crippen molar-refractivity contribution in [3.8, 4) is 11.4 Å². The van der Waals surface area contributed by atoms with Gasteiger partial charge in [-0.25, -0.2) is 9.97 Å². The lowest BCUT2D eigenvalue weighted by Gasteiger charge is -2.17. The molecule has 0 bridgehead atoms. The van der Waals surface area contributed by atoms with Crippen LogP contribution in [0.5, 0.6) is 0 Å². The summed E-state index contributed by atoms with van der Waals surface area (Å²) in [6.07, 6.45) is 3.78. The zero-order valence-electron chi connectivity index (χ0n) is 10.4. The topological polar surface area (TPSA) is 51.8 Å². The second-order valence-corrected chi connectivity index (χ2v) is 5.17. The summed E-state index contributed by atoms with van der Waals surface area (Å²) in [4.78, 5) is 8.79. The minimum atomic E-state index is 0.0830. The molecule has 2 aromatic rings. The van der Waals surface area contributed by atoms with Gasteiger partial charge in [-0.1, -0.05) is 20.8 Å². The van der Waals surface area contributed by atoms with Gasteiger partial charge in [-0.3, -0.25) is 0 Å². The Morgan fingerprint density at radius 1 is 0.941 bits per heavy atom. The summed E-state index contributed by atoms with van der Waals surface area (Å²) in [5, 5.41) is 0. The fourth-order valence-corrected chi connectivity index (χ4v) is 1.50. The van der Waals surface area contributed by atoms with Crippen molar-refractivity contribution in [2.75, 3.05) is 5.73 Å². The molecule has 1 aromatic heterocycles. The van der Waals surface area contributed by atoms with Crippen LogP contribution in [-0.2, 0) is 5.41 Å². The quantitative estimate of drug-likeness (QED) is 0.762. The minimum absolute atomic E-state index is 0.0830. The van der Waals surface area contributed by atoms with E-state index in [1.165, 1.54) is 0 Å². The van der Waals surface area contributed by atoms with E-state index >= 15 is 0 Å². The highest BCUT2D eigenvalue weighted by Crippen LogP contribution is 2.22. The summed E-state index contributed by atoms with van der Waals surface area (Å²) in [5.74, 6) is 0.734. The number of hydrogen-bond acceptors (Lipinski definition) is 3. The fraction of sp³-hybridized carbons (Fsp3) is 0.286. The van der Waals surface area contributed by atoms with Gasteiger partial charge >= 0.3 is 0 Å². The van der Waals surface area contributed by atoms with E-state index in [2.05, 4.69) is 30.7 Å². The molecule has 1 aromatic carbocycles. The Morgan fingerprint density at radius 3 is 1.94 bits per heavy atom. The van der Waals surface area contributed by atoms with Crippen LogP contribution >= 0.6 is 0 Å². The summed E-state index contributed by atoms with van der Waals surface area (Å²) in [7, 11) is 0. The molecule has 17 heavy (non-hydrogen) atoms. The van der Waals surface area contributed by atoms with E-state index in [1.54, 1.807) is 0 Å². The normalized spacial score (nSPS) is 11.5. The van der Waals surface area contributed by atoms with E-state index in [0.29, 0.717) is 0 Å². The molecule has 0 amide bonds. The highest BCUT2D eigenvalue weighted by molar-refractivity contribution is 5.58. The number of nitrogens with zero attached hydrogens (tertiary/aromatic N) is 2. The Kier molecular flexibility index (Phi) is 2.84. The minimum Gasteiger partial charge on any atom is -0.399 e. The molecule has 1 heterocycles. The average Bonchev–Trinajstić information content (AvgIpc) is 2.29. The van der Waals surface area contributed by atoms with Crippen LogP contribution in [0.4, 0.5) is 5.69 Å². The van der Waals surface area contributed by atoms with Crippen LogP contribution in [0.3, 0.4) is 0 Å². The standard InChI is InChI=1S/C14H17N3/c1-14(2,3)11-8-16-13(17-9-11)10-4-6-12(15)7-5-10/h4-9H,15H2,1-3H3. The molecule has 3 heteroatoms. The zero-order valence-corrected chi connectivity index (χ0v) is 10.4. The molecule has 0 saturated heterocycles. The van der Waals surface area contributed by atoms with Crippen molar-refractivity contribution in [2.45, 2.75) is 26.2 Å². The maximum Gasteiger partial charge on any atom is 0.159 e. The van der Waals surface area contributed by atoms with Crippen LogP contribution in [0.1, 0.15) is 26.3 Å². The highest BCUT2D eigenvalue weighted by atomic mass is 14.9. The third kappa shape index (κ3) is 2.61. The van der Waals surface area contributed by atoms with Gasteiger partial charge in [0.1, 0.15) is 0 Å². The maximum atomic E-state index is 5.65. The lowest BCUT2D eigenvalue weighted by molar-refractivity contribution is 0.584. The predicted molar refractivity (Wildman–Crippen MR) is 70.6 cm³/mol. The second kappa shape index (κ2) is 4.17. The smallest absolute Gasteiger partial charge is 0.159 e. The number of benzene rings is 1.